The first-order valence-electron chi connectivity index (χ1n) is 3.62. The van der Waals surface area contributed by atoms with E-state index in [9.17, 15) is 0 Å². The normalized spacial score (nSPS) is 8.07. The smallest absolute Gasteiger partial charge is 0.291 e. The van der Waals surface area contributed by atoms with Crippen LogP contribution in [0.5, 0.6) is 0 Å². The molecule has 0 saturated carbocycles. The fourth-order valence-corrected chi connectivity index (χ4v) is 0.715. The topological polar surface area (TPSA) is 101 Å². The molecular weight excluding hydrogens is 186 g/mol. The molecule has 0 aliphatic heterocycles. The fraction of sp³-hybridized carbons (Fsp3) is 0. The van der Waals surface area contributed by atoms with Gasteiger partial charge in [-0.05, 0) is 17.7 Å². The Morgan fingerprint density at radius 2 is 1.93 bits per heavy atom. The van der Waals surface area contributed by atoms with Crippen LogP contribution in [0.4, 0.5) is 5.69 Å². The second-order valence-corrected chi connectivity index (χ2v) is 2.21. The molecule has 14 heavy (non-hydrogen) atoms. The van der Waals surface area contributed by atoms with Crippen molar-refractivity contribution in [3.8, 4) is 0 Å². The van der Waals surface area contributed by atoms with Crippen LogP contribution < -0.4 is 11.3 Å². The van der Waals surface area contributed by atoms with Gasteiger partial charge < -0.3 is 10.6 Å². The number of anilines is 1. The van der Waals surface area contributed by atoms with Gasteiger partial charge in [-0.3, -0.25) is 5.84 Å². The molecule has 1 aromatic carbocycles. The molecule has 0 spiro atoms. The first-order chi connectivity index (χ1) is 6.60. The summed E-state index contributed by atoms with van der Waals surface area (Å²) < 4.78 is 0. The van der Waals surface area contributed by atoms with E-state index in [0.717, 1.165) is 11.3 Å². The Morgan fingerprint density at radius 3 is 2.21 bits per heavy atom. The lowest BCUT2D eigenvalue weighted by Crippen LogP contribution is -2.05. The molecule has 0 aliphatic rings. The standard InChI is InChI=1S/C8H10N2.HNO3/c1-2-7-3-5-8(10-9)6-4-7;2-1(3)4/h2-6,10H,1,9H2;(H,2,3,4). The predicted octanol–water partition coefficient (Wildman–Crippen LogP) is 1.27. The van der Waals surface area contributed by atoms with Crippen molar-refractivity contribution in [3.05, 3.63) is 46.5 Å². The van der Waals surface area contributed by atoms with Gasteiger partial charge in [0.2, 0.25) is 0 Å². The molecule has 0 bridgehead atoms. The Bertz CT molecular complexity index is 293. The summed E-state index contributed by atoms with van der Waals surface area (Å²) in [6.45, 7) is 3.63. The fourth-order valence-electron chi connectivity index (χ4n) is 0.715. The van der Waals surface area contributed by atoms with E-state index >= 15 is 0 Å². The monoisotopic (exact) mass is 197 g/mol. The number of hydrogen-bond acceptors (Lipinski definition) is 4. The van der Waals surface area contributed by atoms with Crippen molar-refractivity contribution in [2.24, 2.45) is 5.84 Å². The minimum Gasteiger partial charge on any atom is -0.328 e. The van der Waals surface area contributed by atoms with Gasteiger partial charge in [0.05, 0.1) is 0 Å². The summed E-state index contributed by atoms with van der Waals surface area (Å²) in [7, 11) is 0. The maximum Gasteiger partial charge on any atom is 0.291 e. The molecule has 6 heteroatoms. The molecule has 0 aliphatic carbocycles. The number of nitrogens with two attached hydrogens (primary N) is 1. The van der Waals surface area contributed by atoms with E-state index in [2.05, 4.69) is 12.0 Å². The molecule has 6 nitrogen and oxygen atoms in total. The molecule has 0 unspecified atom stereocenters. The molecule has 0 fully saturated rings. The highest BCUT2D eigenvalue weighted by atomic mass is 16.9. The van der Waals surface area contributed by atoms with Crippen molar-refractivity contribution in [2.75, 3.05) is 5.43 Å². The number of nitrogens with one attached hydrogen (secondary N) is 1. The van der Waals surface area contributed by atoms with Crippen LogP contribution in [0.3, 0.4) is 0 Å². The number of rotatable bonds is 2. The van der Waals surface area contributed by atoms with Gasteiger partial charge in [-0.2, -0.15) is 0 Å². The Kier molecular flexibility index (Phi) is 5.48. The van der Waals surface area contributed by atoms with Gasteiger partial charge in [0.15, 0.2) is 0 Å². The summed E-state index contributed by atoms with van der Waals surface area (Å²) in [6.07, 6.45) is 1.79. The van der Waals surface area contributed by atoms with Crippen molar-refractivity contribution >= 4 is 11.8 Å². The average molecular weight is 197 g/mol. The van der Waals surface area contributed by atoms with Crippen LogP contribution in [-0.2, 0) is 0 Å². The number of benzene rings is 1. The first kappa shape index (κ1) is 11.9. The number of hydrogen-bond donors (Lipinski definition) is 3. The van der Waals surface area contributed by atoms with Crippen LogP contribution in [0.15, 0.2) is 30.8 Å². The lowest BCUT2D eigenvalue weighted by Gasteiger charge is -1.97. The largest absolute Gasteiger partial charge is 0.328 e. The van der Waals surface area contributed by atoms with Crippen LogP contribution in [0.2, 0.25) is 0 Å². The van der Waals surface area contributed by atoms with Gasteiger partial charge in [0.25, 0.3) is 5.09 Å². The van der Waals surface area contributed by atoms with Gasteiger partial charge in [0, 0.05) is 5.69 Å². The van der Waals surface area contributed by atoms with E-state index in [-0.39, 0.29) is 0 Å². The molecule has 0 radical (unpaired) electrons. The Labute approximate surface area is 80.7 Å². The molecule has 0 atom stereocenters. The number of nitrogen functional groups attached to an aromatic ring is 1. The molecule has 4 N–H and O–H groups in total. The van der Waals surface area contributed by atoms with Crippen LogP contribution in [-0.4, -0.2) is 10.3 Å². The summed E-state index contributed by atoms with van der Waals surface area (Å²) in [4.78, 5) is 8.36. The number of nitrogens with zero attached hydrogens (tertiary/aromatic N) is 1. The summed E-state index contributed by atoms with van der Waals surface area (Å²) in [5.41, 5.74) is 4.55. The SMILES string of the molecule is C=Cc1ccc(NN)cc1.O=[N+]([O-])O. The molecule has 0 aromatic heterocycles. The van der Waals surface area contributed by atoms with Crippen molar-refractivity contribution < 1.29 is 10.3 Å². The zero-order chi connectivity index (χ0) is 11.0. The third-order valence-electron chi connectivity index (χ3n) is 1.31. The van der Waals surface area contributed by atoms with E-state index in [1.807, 2.05) is 24.3 Å². The lowest BCUT2D eigenvalue weighted by atomic mass is 10.2. The summed E-state index contributed by atoms with van der Waals surface area (Å²) in [5, 5.41) is 13.6. The molecule has 1 aromatic rings. The highest BCUT2D eigenvalue weighted by Gasteiger charge is 1.85. The second kappa shape index (κ2) is 6.44. The molecule has 0 amide bonds. The first-order valence-corrected chi connectivity index (χ1v) is 3.62. The molecule has 1 rings (SSSR count). The van der Waals surface area contributed by atoms with E-state index in [0.29, 0.717) is 0 Å². The highest BCUT2D eigenvalue weighted by molar-refractivity contribution is 5.52. The minimum atomic E-state index is -1.50. The lowest BCUT2D eigenvalue weighted by molar-refractivity contribution is -0.742. The van der Waals surface area contributed by atoms with E-state index in [4.69, 9.17) is 21.2 Å². The van der Waals surface area contributed by atoms with Gasteiger partial charge in [-0.1, -0.05) is 24.8 Å². The van der Waals surface area contributed by atoms with Crippen LogP contribution >= 0.6 is 0 Å². The van der Waals surface area contributed by atoms with Crippen LogP contribution in [0, 0.1) is 10.1 Å². The van der Waals surface area contributed by atoms with Crippen LogP contribution in [0.1, 0.15) is 5.56 Å². The zero-order valence-corrected chi connectivity index (χ0v) is 7.38. The van der Waals surface area contributed by atoms with Crippen molar-refractivity contribution in [1.29, 1.82) is 0 Å². The molecule has 0 heterocycles. The van der Waals surface area contributed by atoms with Gasteiger partial charge in [-0.25, -0.2) is 0 Å². The summed E-state index contributed by atoms with van der Waals surface area (Å²) in [6, 6.07) is 7.69. The third-order valence-corrected chi connectivity index (χ3v) is 1.31. The van der Waals surface area contributed by atoms with E-state index < -0.39 is 5.09 Å². The maximum absolute atomic E-state index is 8.36. The highest BCUT2D eigenvalue weighted by Crippen LogP contribution is 2.07. The van der Waals surface area contributed by atoms with E-state index in [1.54, 1.807) is 6.08 Å². The third kappa shape index (κ3) is 5.56. The Balaban J connectivity index is 0.000000364. The predicted molar refractivity (Wildman–Crippen MR) is 53.1 cm³/mol. The minimum absolute atomic E-state index is 0.908. The van der Waals surface area contributed by atoms with Gasteiger partial charge >= 0.3 is 0 Å². The van der Waals surface area contributed by atoms with Crippen molar-refractivity contribution in [3.63, 3.8) is 0 Å². The average Bonchev–Trinajstić information content (AvgIpc) is 2.17. The van der Waals surface area contributed by atoms with Crippen molar-refractivity contribution in [2.45, 2.75) is 0 Å². The van der Waals surface area contributed by atoms with Gasteiger partial charge in [-0.15, -0.1) is 10.1 Å². The number of hydrazine groups is 1. The quantitative estimate of drug-likeness (QED) is 0.376. The summed E-state index contributed by atoms with van der Waals surface area (Å²) >= 11 is 0. The Morgan fingerprint density at radius 1 is 1.50 bits per heavy atom. The van der Waals surface area contributed by atoms with Crippen molar-refractivity contribution in [1.82, 2.24) is 0 Å². The van der Waals surface area contributed by atoms with E-state index in [1.165, 1.54) is 0 Å². The molecular formula is C8H11N3O3. The Hall–Kier alpha value is -2.08. The van der Waals surface area contributed by atoms with Gasteiger partial charge in [0.1, 0.15) is 0 Å². The molecule has 0 saturated heterocycles. The zero-order valence-electron chi connectivity index (χ0n) is 7.38. The van der Waals surface area contributed by atoms with Crippen LogP contribution in [0.25, 0.3) is 6.08 Å². The second-order valence-electron chi connectivity index (χ2n) is 2.21. The molecule has 76 valence electrons. The maximum atomic E-state index is 8.36. The summed E-state index contributed by atoms with van der Waals surface area (Å²) in [5.74, 6) is 5.17.